The fourth-order valence-corrected chi connectivity index (χ4v) is 1.94. The molecule has 124 valence electrons. The maximum absolute atomic E-state index is 12.9. The Morgan fingerprint density at radius 3 is 2.62 bits per heavy atom. The maximum atomic E-state index is 12.9. The maximum Gasteiger partial charge on any atom is 0.149 e. The van der Waals surface area contributed by atoms with E-state index in [9.17, 15) is 8.78 Å². The van der Waals surface area contributed by atoms with Crippen LogP contribution in [0.2, 0.25) is 0 Å². The van der Waals surface area contributed by atoms with Crippen molar-refractivity contribution < 1.29 is 8.78 Å². The first-order valence-corrected chi connectivity index (χ1v) is 7.43. The van der Waals surface area contributed by atoms with Crippen molar-refractivity contribution in [2.24, 2.45) is 10.9 Å². The number of nitrogens with one attached hydrogen (secondary N) is 1. The lowest BCUT2D eigenvalue weighted by Gasteiger charge is -2.05. The molecule has 0 aliphatic heterocycles. The Bertz CT molecular complexity index is 694. The van der Waals surface area contributed by atoms with Gasteiger partial charge in [0.2, 0.25) is 0 Å². The zero-order chi connectivity index (χ0) is 17.2. The summed E-state index contributed by atoms with van der Waals surface area (Å²) >= 11 is 0. The Hall–Kier alpha value is -2.89. The number of nitrogens with zero attached hydrogens (tertiary/aromatic N) is 3. The van der Waals surface area contributed by atoms with Gasteiger partial charge >= 0.3 is 0 Å². The summed E-state index contributed by atoms with van der Waals surface area (Å²) in [6, 6.07) is 6.05. The van der Waals surface area contributed by atoms with Gasteiger partial charge in [0, 0.05) is 12.1 Å². The molecule has 4 nitrogen and oxygen atoms in total. The van der Waals surface area contributed by atoms with Crippen molar-refractivity contribution in [2.45, 2.75) is 6.42 Å². The monoisotopic (exact) mass is 328 g/mol. The minimum Gasteiger partial charge on any atom is -0.330 e. The predicted octanol–water partition coefficient (Wildman–Crippen LogP) is 4.40. The highest BCUT2D eigenvalue weighted by Gasteiger charge is 2.01. The van der Waals surface area contributed by atoms with E-state index in [0.717, 1.165) is 5.56 Å². The topological polar surface area (TPSA) is 50.2 Å². The molecule has 1 heterocycles. The molecule has 0 spiro atoms. The van der Waals surface area contributed by atoms with Crippen LogP contribution in [0, 0.1) is 11.7 Å². The summed E-state index contributed by atoms with van der Waals surface area (Å²) in [6.45, 7) is 4.20. The lowest BCUT2D eigenvalue weighted by Crippen LogP contribution is -2.03. The highest BCUT2D eigenvalue weighted by molar-refractivity contribution is 5.73. The number of hydrogen-bond donors (Lipinski definition) is 1. The molecule has 1 aromatic carbocycles. The molecular weight excluding hydrogens is 310 g/mol. The Labute approximate surface area is 139 Å². The van der Waals surface area contributed by atoms with Gasteiger partial charge < -0.3 is 5.32 Å². The molecule has 2 aromatic rings. The van der Waals surface area contributed by atoms with E-state index in [2.05, 4.69) is 26.9 Å². The summed E-state index contributed by atoms with van der Waals surface area (Å²) in [4.78, 5) is 12.7. The van der Waals surface area contributed by atoms with Gasteiger partial charge in [-0.05, 0) is 36.6 Å². The zero-order valence-corrected chi connectivity index (χ0v) is 13.1. The number of allylic oxidation sites excluding steroid dienone is 1. The summed E-state index contributed by atoms with van der Waals surface area (Å²) in [5, 5.41) is 2.92. The molecule has 6 heteroatoms. The molecular formula is C18H18F2N4. The lowest BCUT2D eigenvalue weighted by atomic mass is 10.1. The van der Waals surface area contributed by atoms with E-state index < -0.39 is 0 Å². The molecule has 0 saturated heterocycles. The molecule has 0 bridgehead atoms. The van der Waals surface area contributed by atoms with Crippen LogP contribution in [0.3, 0.4) is 0 Å². The van der Waals surface area contributed by atoms with Crippen molar-refractivity contribution in [2.75, 3.05) is 11.9 Å². The van der Waals surface area contributed by atoms with E-state index in [1.54, 1.807) is 30.6 Å². The number of benzene rings is 1. The minimum absolute atomic E-state index is 0.0852. The Morgan fingerprint density at radius 1 is 1.21 bits per heavy atom. The minimum atomic E-state index is -0.291. The first-order valence-electron chi connectivity index (χ1n) is 7.43. The highest BCUT2D eigenvalue weighted by atomic mass is 19.1. The van der Waals surface area contributed by atoms with Crippen LogP contribution in [0.4, 0.5) is 14.6 Å². The zero-order valence-electron chi connectivity index (χ0n) is 13.1. The summed E-state index contributed by atoms with van der Waals surface area (Å²) < 4.78 is 24.9. The predicted molar refractivity (Wildman–Crippen MR) is 93.0 cm³/mol. The van der Waals surface area contributed by atoms with Crippen LogP contribution in [-0.4, -0.2) is 22.9 Å². The number of rotatable bonds is 8. The van der Waals surface area contributed by atoms with Gasteiger partial charge in [0.05, 0.1) is 30.8 Å². The average molecular weight is 328 g/mol. The fourth-order valence-electron chi connectivity index (χ4n) is 1.94. The molecule has 1 N–H and O–H groups in total. The van der Waals surface area contributed by atoms with Crippen molar-refractivity contribution in [1.82, 2.24) is 9.97 Å². The summed E-state index contributed by atoms with van der Waals surface area (Å²) in [7, 11) is 0. The van der Waals surface area contributed by atoms with E-state index in [1.807, 2.05) is 0 Å². The van der Waals surface area contributed by atoms with Gasteiger partial charge in [-0.15, -0.1) is 6.58 Å². The molecule has 0 amide bonds. The molecule has 24 heavy (non-hydrogen) atoms. The Morgan fingerprint density at radius 2 is 2.00 bits per heavy atom. The quantitative estimate of drug-likeness (QED) is 0.444. The van der Waals surface area contributed by atoms with Gasteiger partial charge in [0.25, 0.3) is 0 Å². The number of hydrogen-bond acceptors (Lipinski definition) is 3. The standard InChI is InChI=1S/C18H18F2N4/c1-2-14(4-3-9-19)10-21-13-24-18-12-22-17(11-23-18)15-5-7-16(20)8-6-15/h2-3,5-9,11-14H,1,4,10H2,(H,21,23,24)/b9-3+. The molecule has 1 unspecified atom stereocenters. The second kappa shape index (κ2) is 9.29. The van der Waals surface area contributed by atoms with Gasteiger partial charge in [0.15, 0.2) is 0 Å². The van der Waals surface area contributed by atoms with Crippen LogP contribution in [0.15, 0.2) is 66.7 Å². The van der Waals surface area contributed by atoms with Crippen LogP contribution in [0.25, 0.3) is 11.3 Å². The molecule has 0 aliphatic rings. The van der Waals surface area contributed by atoms with E-state index in [0.29, 0.717) is 30.8 Å². The highest BCUT2D eigenvalue weighted by Crippen LogP contribution is 2.16. The molecule has 1 atom stereocenters. The molecule has 0 saturated carbocycles. The van der Waals surface area contributed by atoms with Crippen LogP contribution in [-0.2, 0) is 0 Å². The third kappa shape index (κ3) is 5.39. The van der Waals surface area contributed by atoms with Crippen LogP contribution in [0.1, 0.15) is 6.42 Å². The Kier molecular flexibility index (Phi) is 6.76. The Balaban J connectivity index is 1.88. The van der Waals surface area contributed by atoms with Gasteiger partial charge in [-0.3, -0.25) is 9.98 Å². The van der Waals surface area contributed by atoms with Crippen LogP contribution < -0.4 is 5.32 Å². The average Bonchev–Trinajstić information content (AvgIpc) is 2.62. The van der Waals surface area contributed by atoms with Crippen molar-refractivity contribution in [1.29, 1.82) is 0 Å². The smallest absolute Gasteiger partial charge is 0.149 e. The third-order valence-electron chi connectivity index (χ3n) is 3.30. The molecule has 0 fully saturated rings. The molecule has 0 radical (unpaired) electrons. The van der Waals surface area contributed by atoms with Gasteiger partial charge in [0.1, 0.15) is 11.6 Å². The summed E-state index contributed by atoms with van der Waals surface area (Å²) in [6.07, 6.45) is 8.96. The number of aliphatic imine (C=N–C) groups is 1. The first kappa shape index (κ1) is 17.5. The van der Waals surface area contributed by atoms with E-state index in [1.165, 1.54) is 24.5 Å². The second-order valence-electron chi connectivity index (χ2n) is 5.03. The number of aromatic nitrogens is 2. The third-order valence-corrected chi connectivity index (χ3v) is 3.30. The van der Waals surface area contributed by atoms with Crippen LogP contribution >= 0.6 is 0 Å². The fraction of sp³-hybridized carbons (Fsp3) is 0.167. The molecule has 2 rings (SSSR count). The normalized spacial score (nSPS) is 12.6. The lowest BCUT2D eigenvalue weighted by molar-refractivity contribution is 0.628. The number of anilines is 1. The first-order chi connectivity index (χ1) is 11.7. The summed E-state index contributed by atoms with van der Waals surface area (Å²) in [5.41, 5.74) is 1.45. The van der Waals surface area contributed by atoms with Crippen molar-refractivity contribution in [3.63, 3.8) is 0 Å². The van der Waals surface area contributed by atoms with E-state index in [-0.39, 0.29) is 11.7 Å². The van der Waals surface area contributed by atoms with Crippen LogP contribution in [0.5, 0.6) is 0 Å². The molecule has 1 aromatic heterocycles. The van der Waals surface area contributed by atoms with Crippen molar-refractivity contribution in [3.05, 3.63) is 67.5 Å². The molecule has 0 aliphatic carbocycles. The SMILES string of the molecule is C=CC(C/C=C/F)CN=CNc1cnc(-c2ccc(F)cc2)cn1. The largest absolute Gasteiger partial charge is 0.330 e. The van der Waals surface area contributed by atoms with Gasteiger partial charge in [-0.2, -0.15) is 0 Å². The van der Waals surface area contributed by atoms with Crippen molar-refractivity contribution >= 4 is 12.2 Å². The van der Waals surface area contributed by atoms with E-state index in [4.69, 9.17) is 0 Å². The van der Waals surface area contributed by atoms with Gasteiger partial charge in [-0.25, -0.2) is 13.8 Å². The summed E-state index contributed by atoms with van der Waals surface area (Å²) in [5.74, 6) is 0.339. The number of halogens is 2. The van der Waals surface area contributed by atoms with Crippen molar-refractivity contribution in [3.8, 4) is 11.3 Å². The second-order valence-corrected chi connectivity index (χ2v) is 5.03. The van der Waals surface area contributed by atoms with E-state index >= 15 is 0 Å². The van der Waals surface area contributed by atoms with Gasteiger partial charge in [-0.1, -0.05) is 12.2 Å².